The van der Waals surface area contributed by atoms with Crippen LogP contribution in [0.4, 0.5) is 0 Å². The molecule has 0 amide bonds. The van der Waals surface area contributed by atoms with E-state index in [0.29, 0.717) is 18.1 Å². The number of imidazole rings is 1. The molecule has 2 N–H and O–H groups in total. The number of aromatic nitrogens is 7. The number of H-pyrrole nitrogens is 2. The van der Waals surface area contributed by atoms with E-state index in [1.54, 1.807) is 24.4 Å². The summed E-state index contributed by atoms with van der Waals surface area (Å²) in [6.45, 7) is 2.58. The first-order valence-electron chi connectivity index (χ1n) is 11.1. The highest BCUT2D eigenvalue weighted by atomic mass is 32.2. The average Bonchev–Trinajstić information content (AvgIpc) is 3.53. The molecule has 0 radical (unpaired) electrons. The Kier molecular flexibility index (Phi) is 6.95. The number of rotatable bonds is 5. The number of nitrogens with zero attached hydrogens (tertiary/aromatic N) is 5. The zero-order valence-corrected chi connectivity index (χ0v) is 19.9. The first-order valence-corrected chi connectivity index (χ1v) is 11.9. The van der Waals surface area contributed by atoms with E-state index in [0.717, 1.165) is 33.6 Å². The summed E-state index contributed by atoms with van der Waals surface area (Å²) >= 11 is 1.71. The van der Waals surface area contributed by atoms with Crippen LogP contribution in [0.5, 0.6) is 5.88 Å². The zero-order chi connectivity index (χ0) is 23.9. The summed E-state index contributed by atoms with van der Waals surface area (Å²) in [4.78, 5) is 28.1. The molecule has 174 valence electrons. The second-order valence-corrected chi connectivity index (χ2v) is 8.84. The zero-order valence-electron chi connectivity index (χ0n) is 19.0. The van der Waals surface area contributed by atoms with Crippen LogP contribution in [0.15, 0.2) is 101 Å². The quantitative estimate of drug-likeness (QED) is 0.307. The smallest absolute Gasteiger partial charge is 0.243 e. The van der Waals surface area contributed by atoms with Crippen molar-refractivity contribution >= 4 is 34.0 Å². The Hall–Kier alpha value is -4.24. The third kappa shape index (κ3) is 5.64. The normalized spacial score (nSPS) is 13.1. The van der Waals surface area contributed by atoms with Crippen molar-refractivity contribution in [2.24, 2.45) is 0 Å². The van der Waals surface area contributed by atoms with E-state index in [1.165, 1.54) is 16.8 Å². The molecule has 8 nitrogen and oxygen atoms in total. The fourth-order valence-corrected chi connectivity index (χ4v) is 4.36. The first kappa shape index (κ1) is 22.5. The lowest BCUT2D eigenvalue weighted by molar-refractivity contribution is 0.297. The van der Waals surface area contributed by atoms with E-state index in [1.807, 2.05) is 42.6 Å². The number of allylic oxidation sites excluding steroid dienone is 6. The van der Waals surface area contributed by atoms with Gasteiger partial charge in [0.05, 0.1) is 11.7 Å². The van der Waals surface area contributed by atoms with E-state index in [4.69, 9.17) is 4.74 Å². The van der Waals surface area contributed by atoms with Gasteiger partial charge in [-0.3, -0.25) is 0 Å². The highest BCUT2D eigenvalue weighted by Gasteiger charge is 2.08. The highest BCUT2D eigenvalue weighted by molar-refractivity contribution is 8.03. The van der Waals surface area contributed by atoms with Gasteiger partial charge in [0.25, 0.3) is 0 Å². The SMILES string of the molecule is CC1=CC=C(Sc2ncnc3[nH]ccc23)CC=C1.c1ccc(COc2ncnc3nc[nH]c23)cc1. The molecule has 0 spiro atoms. The molecule has 0 saturated heterocycles. The fraction of sp³-hybridized carbons (Fsp3) is 0.115. The molecule has 9 heteroatoms. The van der Waals surface area contributed by atoms with Gasteiger partial charge >= 0.3 is 0 Å². The molecule has 35 heavy (non-hydrogen) atoms. The molecule has 0 unspecified atom stereocenters. The Morgan fingerprint density at radius 3 is 2.74 bits per heavy atom. The van der Waals surface area contributed by atoms with Crippen molar-refractivity contribution in [3.8, 4) is 5.88 Å². The van der Waals surface area contributed by atoms with Gasteiger partial charge in [0.2, 0.25) is 5.88 Å². The molecule has 1 aliphatic carbocycles. The van der Waals surface area contributed by atoms with Crippen molar-refractivity contribution in [2.45, 2.75) is 25.0 Å². The van der Waals surface area contributed by atoms with Crippen molar-refractivity contribution in [1.82, 2.24) is 34.9 Å². The number of benzene rings is 1. The Morgan fingerprint density at radius 2 is 1.83 bits per heavy atom. The van der Waals surface area contributed by atoms with Crippen LogP contribution in [0.25, 0.3) is 22.2 Å². The van der Waals surface area contributed by atoms with Crippen molar-refractivity contribution in [3.05, 3.63) is 102 Å². The second-order valence-electron chi connectivity index (χ2n) is 7.73. The number of hydrogen-bond donors (Lipinski definition) is 2. The monoisotopic (exact) mass is 481 g/mol. The second kappa shape index (κ2) is 10.8. The number of hydrogen-bond acceptors (Lipinski definition) is 7. The Bertz CT molecular complexity index is 1520. The number of thioether (sulfide) groups is 1. The summed E-state index contributed by atoms with van der Waals surface area (Å²) in [6, 6.07) is 12.0. The van der Waals surface area contributed by atoms with Crippen LogP contribution in [0, 0.1) is 0 Å². The van der Waals surface area contributed by atoms with Crippen LogP contribution < -0.4 is 4.74 Å². The molecule has 0 saturated carbocycles. The maximum atomic E-state index is 5.64. The molecule has 4 heterocycles. The van der Waals surface area contributed by atoms with Crippen LogP contribution in [0.1, 0.15) is 18.9 Å². The van der Waals surface area contributed by atoms with Crippen molar-refractivity contribution in [3.63, 3.8) is 0 Å². The van der Waals surface area contributed by atoms with E-state index in [-0.39, 0.29) is 0 Å². The maximum Gasteiger partial charge on any atom is 0.243 e. The van der Waals surface area contributed by atoms with E-state index in [2.05, 4.69) is 66.1 Å². The van der Waals surface area contributed by atoms with Gasteiger partial charge in [-0.25, -0.2) is 19.9 Å². The van der Waals surface area contributed by atoms with Crippen LogP contribution in [-0.4, -0.2) is 34.9 Å². The molecular weight excluding hydrogens is 458 g/mol. The molecule has 4 aromatic heterocycles. The van der Waals surface area contributed by atoms with E-state index in [9.17, 15) is 0 Å². The van der Waals surface area contributed by atoms with Gasteiger partial charge in [-0.15, -0.1) is 0 Å². The Morgan fingerprint density at radius 1 is 0.943 bits per heavy atom. The van der Waals surface area contributed by atoms with Gasteiger partial charge < -0.3 is 14.7 Å². The molecule has 1 aromatic carbocycles. The number of nitrogens with one attached hydrogen (secondary N) is 2. The summed E-state index contributed by atoms with van der Waals surface area (Å²) in [7, 11) is 0. The molecule has 0 fully saturated rings. The summed E-state index contributed by atoms with van der Waals surface area (Å²) in [5.74, 6) is 0.524. The maximum absolute atomic E-state index is 5.64. The van der Waals surface area contributed by atoms with E-state index < -0.39 is 0 Å². The topological polar surface area (TPSA) is 105 Å². The van der Waals surface area contributed by atoms with Gasteiger partial charge in [0.15, 0.2) is 5.65 Å². The molecule has 0 bridgehead atoms. The standard InChI is InChI=1S/C14H13N3S.C12H10N4O/c1-10-3-2-4-11(6-5-10)18-14-12-7-8-15-13(12)16-9-17-14;1-2-4-9(5-3-1)6-17-12-10-11(14-7-13-10)15-8-16-12/h2-3,5-9H,4H2,1H3,(H,15,16,17);1-5,7-8H,6H2,(H,13,14,15,16). The third-order valence-corrected chi connectivity index (χ3v) is 6.27. The van der Waals surface area contributed by atoms with Crippen LogP contribution in [0.3, 0.4) is 0 Å². The molecule has 6 rings (SSSR count). The Balaban J connectivity index is 0.000000145. The number of fused-ring (bicyclic) bond motifs is 2. The minimum atomic E-state index is 0.478. The van der Waals surface area contributed by atoms with Gasteiger partial charge in [0, 0.05) is 6.20 Å². The summed E-state index contributed by atoms with van der Waals surface area (Å²) in [5, 5.41) is 2.09. The third-order valence-electron chi connectivity index (χ3n) is 5.18. The minimum absolute atomic E-state index is 0.478. The first-order chi connectivity index (χ1) is 17.3. The fourth-order valence-electron chi connectivity index (χ4n) is 3.42. The molecule has 5 aromatic rings. The molecule has 1 aliphatic rings. The summed E-state index contributed by atoms with van der Waals surface area (Å²) in [6.07, 6.45) is 16.1. The highest BCUT2D eigenvalue weighted by Crippen LogP contribution is 2.33. The largest absolute Gasteiger partial charge is 0.471 e. The van der Waals surface area contributed by atoms with Gasteiger partial charge in [-0.05, 0) is 29.9 Å². The van der Waals surface area contributed by atoms with Gasteiger partial charge in [0.1, 0.15) is 35.5 Å². The average molecular weight is 482 g/mol. The summed E-state index contributed by atoms with van der Waals surface area (Å²) < 4.78 is 5.64. The molecule has 0 aliphatic heterocycles. The Labute approximate surface area is 206 Å². The predicted molar refractivity (Wildman–Crippen MR) is 138 cm³/mol. The van der Waals surface area contributed by atoms with Crippen molar-refractivity contribution in [1.29, 1.82) is 0 Å². The lowest BCUT2D eigenvalue weighted by Gasteiger charge is -2.05. The van der Waals surface area contributed by atoms with E-state index >= 15 is 0 Å². The predicted octanol–water partition coefficient (Wildman–Crippen LogP) is 5.77. The minimum Gasteiger partial charge on any atom is -0.471 e. The van der Waals surface area contributed by atoms with Crippen LogP contribution >= 0.6 is 11.8 Å². The molecule has 0 atom stereocenters. The van der Waals surface area contributed by atoms with Crippen LogP contribution in [0.2, 0.25) is 0 Å². The number of ether oxygens (including phenoxy) is 1. The van der Waals surface area contributed by atoms with Crippen molar-refractivity contribution < 1.29 is 4.74 Å². The van der Waals surface area contributed by atoms with Gasteiger partial charge in [-0.2, -0.15) is 4.98 Å². The van der Waals surface area contributed by atoms with Crippen molar-refractivity contribution in [2.75, 3.05) is 0 Å². The van der Waals surface area contributed by atoms with Crippen LogP contribution in [-0.2, 0) is 6.61 Å². The lowest BCUT2D eigenvalue weighted by Crippen LogP contribution is -1.98. The van der Waals surface area contributed by atoms with Gasteiger partial charge in [-0.1, -0.05) is 72.0 Å². The molecular formula is C26H23N7OS. The number of aromatic amines is 2. The lowest BCUT2D eigenvalue weighted by atomic mass is 10.2. The summed E-state index contributed by atoms with van der Waals surface area (Å²) in [5.41, 5.74) is 4.61.